The zero-order valence-electron chi connectivity index (χ0n) is 24.9. The first-order valence-electron chi connectivity index (χ1n) is 15.4. The van der Waals surface area contributed by atoms with E-state index in [1.54, 1.807) is 0 Å². The monoisotopic (exact) mass is 592 g/mol. The highest BCUT2D eigenvalue weighted by atomic mass is 16.3. The van der Waals surface area contributed by atoms with Crippen molar-refractivity contribution in [1.82, 2.24) is 13.8 Å². The number of anilines is 3. The SMILES string of the molecule is c1ccc2oc(-c3ccc(N(c4ccc(-c5cc6ccccn6c5)cc4)c4ccc(-c5cn6ccccc6n5)cc4)cc3)cc2c1. The number of imidazole rings is 1. The standard InChI is InChI=1S/C41H28N4O/c1-2-9-39-32(7-1)26-40(46-39)31-15-21-36(22-16-31)45(34-17-11-29(12-18-34)33-25-37-8-3-5-23-43(37)27-33)35-19-13-30(14-20-35)38-28-44-24-6-4-10-41(44)42-38/h1-28H. The lowest BCUT2D eigenvalue weighted by Gasteiger charge is -2.26. The number of rotatable bonds is 6. The fraction of sp³-hybridized carbons (Fsp3) is 0. The minimum atomic E-state index is 0.861. The molecule has 0 aliphatic heterocycles. The van der Waals surface area contributed by atoms with Crippen LogP contribution in [0.15, 0.2) is 175 Å². The Labute approximate surface area is 265 Å². The van der Waals surface area contributed by atoms with E-state index < -0.39 is 0 Å². The van der Waals surface area contributed by atoms with Gasteiger partial charge in [0.2, 0.25) is 0 Å². The van der Waals surface area contributed by atoms with E-state index in [-0.39, 0.29) is 0 Å². The molecule has 0 saturated heterocycles. The van der Waals surface area contributed by atoms with Crippen molar-refractivity contribution in [3.63, 3.8) is 0 Å². The number of fused-ring (bicyclic) bond motifs is 3. The highest BCUT2D eigenvalue weighted by Gasteiger charge is 2.15. The predicted octanol–water partition coefficient (Wildman–Crippen LogP) is 10.8. The van der Waals surface area contributed by atoms with E-state index in [0.717, 1.165) is 56.3 Å². The number of furan rings is 1. The van der Waals surface area contributed by atoms with E-state index >= 15 is 0 Å². The lowest BCUT2D eigenvalue weighted by molar-refractivity contribution is 0.631. The van der Waals surface area contributed by atoms with E-state index in [1.807, 2.05) is 42.6 Å². The van der Waals surface area contributed by atoms with Gasteiger partial charge < -0.3 is 18.1 Å². The van der Waals surface area contributed by atoms with Gasteiger partial charge in [0.15, 0.2) is 0 Å². The van der Waals surface area contributed by atoms with Crippen molar-refractivity contribution in [2.24, 2.45) is 0 Å². The smallest absolute Gasteiger partial charge is 0.137 e. The Balaban J connectivity index is 1.09. The number of aromatic nitrogens is 3. The van der Waals surface area contributed by atoms with Crippen LogP contribution < -0.4 is 4.90 Å². The van der Waals surface area contributed by atoms with Crippen LogP contribution >= 0.6 is 0 Å². The molecule has 5 nitrogen and oxygen atoms in total. The Morgan fingerprint density at radius 1 is 0.500 bits per heavy atom. The maximum Gasteiger partial charge on any atom is 0.137 e. The maximum absolute atomic E-state index is 6.15. The molecule has 0 radical (unpaired) electrons. The minimum Gasteiger partial charge on any atom is -0.456 e. The third kappa shape index (κ3) is 4.62. The Morgan fingerprint density at radius 2 is 1.13 bits per heavy atom. The third-order valence-electron chi connectivity index (χ3n) is 8.58. The van der Waals surface area contributed by atoms with Gasteiger partial charge in [-0.05, 0) is 96.6 Å². The van der Waals surface area contributed by atoms with Crippen molar-refractivity contribution >= 4 is 39.2 Å². The molecule has 46 heavy (non-hydrogen) atoms. The third-order valence-corrected chi connectivity index (χ3v) is 8.58. The van der Waals surface area contributed by atoms with Gasteiger partial charge in [-0.25, -0.2) is 4.98 Å². The van der Waals surface area contributed by atoms with Crippen LogP contribution in [0.2, 0.25) is 0 Å². The van der Waals surface area contributed by atoms with Crippen LogP contribution in [0, 0.1) is 0 Å². The topological polar surface area (TPSA) is 38.1 Å². The first-order valence-corrected chi connectivity index (χ1v) is 15.4. The molecule has 0 aliphatic rings. The Hall–Kier alpha value is -6.33. The van der Waals surface area contributed by atoms with E-state index in [1.165, 1.54) is 16.6 Å². The van der Waals surface area contributed by atoms with Crippen molar-refractivity contribution in [1.29, 1.82) is 0 Å². The molecule has 0 amide bonds. The Morgan fingerprint density at radius 3 is 1.83 bits per heavy atom. The number of nitrogens with zero attached hydrogens (tertiary/aromatic N) is 4. The van der Waals surface area contributed by atoms with Crippen LogP contribution in [-0.2, 0) is 0 Å². The second kappa shape index (κ2) is 10.7. The van der Waals surface area contributed by atoms with Crippen molar-refractivity contribution in [3.05, 3.63) is 170 Å². The largest absolute Gasteiger partial charge is 0.456 e. The van der Waals surface area contributed by atoms with Crippen LogP contribution in [0.25, 0.3) is 55.8 Å². The lowest BCUT2D eigenvalue weighted by Crippen LogP contribution is -2.09. The first-order chi connectivity index (χ1) is 22.7. The number of benzene rings is 4. The number of pyridine rings is 2. The van der Waals surface area contributed by atoms with Crippen molar-refractivity contribution in [3.8, 4) is 33.7 Å². The average Bonchev–Trinajstić information content (AvgIpc) is 3.86. The highest BCUT2D eigenvalue weighted by molar-refractivity contribution is 5.84. The highest BCUT2D eigenvalue weighted by Crippen LogP contribution is 2.38. The summed E-state index contributed by atoms with van der Waals surface area (Å²) >= 11 is 0. The second-order valence-corrected chi connectivity index (χ2v) is 11.5. The average molecular weight is 593 g/mol. The summed E-state index contributed by atoms with van der Waals surface area (Å²) in [5.74, 6) is 0.861. The summed E-state index contributed by atoms with van der Waals surface area (Å²) in [5, 5.41) is 1.10. The quantitative estimate of drug-likeness (QED) is 0.193. The summed E-state index contributed by atoms with van der Waals surface area (Å²) in [6.45, 7) is 0. The second-order valence-electron chi connectivity index (χ2n) is 11.5. The number of hydrogen-bond acceptors (Lipinski definition) is 3. The van der Waals surface area contributed by atoms with Gasteiger partial charge in [0.1, 0.15) is 17.0 Å². The Kier molecular flexibility index (Phi) is 6.06. The molecule has 0 spiro atoms. The van der Waals surface area contributed by atoms with Crippen LogP contribution in [0.5, 0.6) is 0 Å². The molecule has 9 rings (SSSR count). The molecule has 218 valence electrons. The van der Waals surface area contributed by atoms with Gasteiger partial charge in [-0.1, -0.05) is 54.6 Å². The molecule has 0 aliphatic carbocycles. The molecule has 5 heterocycles. The molecule has 0 atom stereocenters. The molecule has 0 unspecified atom stereocenters. The summed E-state index contributed by atoms with van der Waals surface area (Å²) in [6.07, 6.45) is 8.36. The summed E-state index contributed by atoms with van der Waals surface area (Å²) in [5.41, 5.74) is 11.6. The molecular weight excluding hydrogens is 564 g/mol. The summed E-state index contributed by atoms with van der Waals surface area (Å²) < 4.78 is 10.4. The summed E-state index contributed by atoms with van der Waals surface area (Å²) in [4.78, 5) is 7.11. The zero-order valence-corrected chi connectivity index (χ0v) is 24.9. The molecule has 0 saturated carbocycles. The minimum absolute atomic E-state index is 0.861. The van der Waals surface area contributed by atoms with Gasteiger partial charge in [-0.15, -0.1) is 0 Å². The summed E-state index contributed by atoms with van der Waals surface area (Å²) in [6, 6.07) is 50.7. The molecule has 5 aromatic heterocycles. The molecular formula is C41H28N4O. The number of para-hydroxylation sites is 1. The summed E-state index contributed by atoms with van der Waals surface area (Å²) in [7, 11) is 0. The van der Waals surface area contributed by atoms with Crippen LogP contribution in [0.1, 0.15) is 0 Å². The van der Waals surface area contributed by atoms with Crippen LogP contribution in [0.4, 0.5) is 17.1 Å². The van der Waals surface area contributed by atoms with E-state index in [9.17, 15) is 0 Å². The van der Waals surface area contributed by atoms with Crippen LogP contribution in [-0.4, -0.2) is 13.8 Å². The van der Waals surface area contributed by atoms with Gasteiger partial charge in [-0.2, -0.15) is 0 Å². The fourth-order valence-electron chi connectivity index (χ4n) is 6.22. The van der Waals surface area contributed by atoms with Gasteiger partial charge in [0, 0.05) is 69.4 Å². The van der Waals surface area contributed by atoms with E-state index in [4.69, 9.17) is 9.40 Å². The molecule has 0 N–H and O–H groups in total. The van der Waals surface area contributed by atoms with Crippen molar-refractivity contribution in [2.45, 2.75) is 0 Å². The molecule has 5 heteroatoms. The van der Waals surface area contributed by atoms with Crippen molar-refractivity contribution in [2.75, 3.05) is 4.90 Å². The molecule has 9 aromatic rings. The fourth-order valence-corrected chi connectivity index (χ4v) is 6.22. The molecule has 0 fully saturated rings. The first kappa shape index (κ1) is 26.1. The van der Waals surface area contributed by atoms with E-state index in [0.29, 0.717) is 0 Å². The van der Waals surface area contributed by atoms with Gasteiger partial charge in [-0.3, -0.25) is 0 Å². The van der Waals surface area contributed by atoms with Gasteiger partial charge in [0.25, 0.3) is 0 Å². The normalized spacial score (nSPS) is 11.5. The van der Waals surface area contributed by atoms with Crippen molar-refractivity contribution < 1.29 is 4.42 Å². The van der Waals surface area contributed by atoms with E-state index in [2.05, 4.69) is 141 Å². The van der Waals surface area contributed by atoms with Crippen LogP contribution in [0.3, 0.4) is 0 Å². The Bertz CT molecular complexity index is 2090. The van der Waals surface area contributed by atoms with Gasteiger partial charge in [0.05, 0.1) is 5.69 Å². The molecule has 0 bridgehead atoms. The van der Waals surface area contributed by atoms with Gasteiger partial charge >= 0.3 is 0 Å². The molecule has 4 aromatic carbocycles. The number of hydrogen-bond donors (Lipinski definition) is 0. The lowest BCUT2D eigenvalue weighted by atomic mass is 10.1. The zero-order chi connectivity index (χ0) is 30.5. The predicted molar refractivity (Wildman–Crippen MR) is 187 cm³/mol. The maximum atomic E-state index is 6.15.